The molecule has 1 aliphatic heterocycles. The first-order valence-corrected chi connectivity index (χ1v) is 43.3. The van der Waals surface area contributed by atoms with Crippen molar-refractivity contribution in [3.8, 4) is 0 Å². The summed E-state index contributed by atoms with van der Waals surface area (Å²) in [5.41, 5.74) is 27.1. The molecule has 530 valence electrons. The summed E-state index contributed by atoms with van der Waals surface area (Å²) in [4.78, 5) is 0. The standard InChI is InChI=1S/C86H152N2.2CH3.Ni/c1-7-13-19-25-30-32-34-36-38-40-42-44-46-48-50-52-56-61-67-79-71-77(65-59-54-27-21-15-9-3)73-81(75-79)85-83(69-63-24-18-12-6)84(70-64-58-29-23-17-11-5)86(88(85)87)82-74-78(66-60-55-28-22-16-10-4)72-80(76-82)68-62-57-53-51-49-47-45-43-41-39-37-35-33-31-26-20-14-8-2;;;/h71-76H,7-70H2,1-6H3;2*1H3;. The van der Waals surface area contributed by atoms with E-state index in [1.165, 1.54) is 417 Å². The molecule has 0 saturated heterocycles. The summed E-state index contributed by atoms with van der Waals surface area (Å²) in [6, 6.07) is 15.4. The molecule has 0 saturated carbocycles. The van der Waals surface area contributed by atoms with Gasteiger partial charge in [0.25, 0.3) is 0 Å². The molecule has 0 atom stereocenters. The van der Waals surface area contributed by atoms with E-state index in [-0.39, 0.29) is 0 Å². The second-order valence-electron chi connectivity index (χ2n) is 29.2. The molecule has 2 aromatic rings. The van der Waals surface area contributed by atoms with Crippen LogP contribution in [-0.2, 0) is 40.1 Å². The van der Waals surface area contributed by atoms with Crippen molar-refractivity contribution in [3.05, 3.63) is 86.5 Å². The van der Waals surface area contributed by atoms with E-state index in [2.05, 4.69) is 89.7 Å². The van der Waals surface area contributed by atoms with E-state index in [0.29, 0.717) is 0 Å². The normalized spacial score (nSPS) is 12.6. The van der Waals surface area contributed by atoms with E-state index in [0.717, 1.165) is 49.9 Å². The monoisotopic (exact) mass is 1300 g/mol. The van der Waals surface area contributed by atoms with Gasteiger partial charge in [-0.25, -0.2) is 4.70 Å². The average Bonchev–Trinajstić information content (AvgIpc) is 1.62. The quantitative estimate of drug-likeness (QED) is 0.0358. The molecular formula is C88H158N2Ni. The van der Waals surface area contributed by atoms with Crippen LogP contribution in [0.15, 0.2) is 47.5 Å². The predicted molar refractivity (Wildman–Crippen MR) is 408 cm³/mol. The van der Waals surface area contributed by atoms with Crippen molar-refractivity contribution in [2.45, 2.75) is 464 Å². The van der Waals surface area contributed by atoms with Crippen molar-refractivity contribution in [1.82, 2.24) is 0 Å². The molecule has 2 aromatic carbocycles. The van der Waals surface area contributed by atoms with Crippen molar-refractivity contribution in [2.24, 2.45) is 0 Å². The van der Waals surface area contributed by atoms with Gasteiger partial charge in [0, 0.05) is 22.3 Å². The van der Waals surface area contributed by atoms with Crippen LogP contribution in [0.25, 0.3) is 16.9 Å². The summed E-state index contributed by atoms with van der Waals surface area (Å²) in [7, 11) is 0. The molecule has 0 aromatic heterocycles. The van der Waals surface area contributed by atoms with Gasteiger partial charge in [0.1, 0.15) is 0 Å². The SMILES string of the molecule is CCCCCCCCCCCCCCCCCCCCc1cc(CCCCCCCC)cc(C2=C(CCCCCC)C(CCCCCCCC)=C(c3cc(CCCCCCCC)cc(CCCCCCCCCCCCCCCCCCCC)c3)[N+]2=[N-])c1.[CH3][Ni][CH3]. The van der Waals surface area contributed by atoms with Crippen molar-refractivity contribution in [3.63, 3.8) is 0 Å². The van der Waals surface area contributed by atoms with Crippen LogP contribution in [0.3, 0.4) is 0 Å². The van der Waals surface area contributed by atoms with Crippen LogP contribution < -0.4 is 0 Å². The Morgan fingerprint density at radius 3 is 0.538 bits per heavy atom. The van der Waals surface area contributed by atoms with E-state index in [9.17, 15) is 5.53 Å². The Morgan fingerprint density at radius 1 is 0.220 bits per heavy atom. The fourth-order valence-electron chi connectivity index (χ4n) is 14.7. The number of benzene rings is 2. The Bertz CT molecular complexity index is 2010. The van der Waals surface area contributed by atoms with E-state index in [1.54, 1.807) is 19.1 Å². The number of rotatable bonds is 66. The van der Waals surface area contributed by atoms with Gasteiger partial charge >= 0.3 is 26.2 Å². The first kappa shape index (κ1) is 85.1. The van der Waals surface area contributed by atoms with Gasteiger partial charge in [-0.3, -0.25) is 0 Å². The van der Waals surface area contributed by atoms with E-state index in [1.807, 2.05) is 0 Å². The molecule has 0 aliphatic carbocycles. The molecule has 3 heteroatoms. The zero-order valence-electron chi connectivity index (χ0n) is 62.9. The van der Waals surface area contributed by atoms with E-state index < -0.39 is 0 Å². The van der Waals surface area contributed by atoms with Crippen LogP contribution in [0.5, 0.6) is 0 Å². The van der Waals surface area contributed by atoms with Crippen molar-refractivity contribution in [1.29, 1.82) is 0 Å². The van der Waals surface area contributed by atoms with Crippen LogP contribution in [0.4, 0.5) is 0 Å². The Kier molecular flexibility index (Phi) is 59.9. The van der Waals surface area contributed by atoms with Gasteiger partial charge in [0.15, 0.2) is 0 Å². The first-order chi connectivity index (χ1) is 44.9. The minimum atomic E-state index is 1.06. The zero-order chi connectivity index (χ0) is 65.6. The molecule has 0 unspecified atom stereocenters. The molecule has 1 aliphatic rings. The Balaban J connectivity index is 0.00000921. The van der Waals surface area contributed by atoms with Crippen LogP contribution in [0, 0.1) is 0 Å². The summed E-state index contributed by atoms with van der Waals surface area (Å²) < 4.78 is 1.79. The fourth-order valence-corrected chi connectivity index (χ4v) is 14.7. The van der Waals surface area contributed by atoms with Crippen molar-refractivity contribution >= 4 is 11.4 Å². The molecular weight excluding hydrogens is 1140 g/mol. The zero-order valence-corrected chi connectivity index (χ0v) is 63.9. The average molecular weight is 1300 g/mol. The second-order valence-corrected chi connectivity index (χ2v) is 30.2. The van der Waals surface area contributed by atoms with Crippen LogP contribution in [-0.4, -0.2) is 4.70 Å². The summed E-state index contributed by atoms with van der Waals surface area (Å²) in [6.45, 7) is 14.0. The van der Waals surface area contributed by atoms with Gasteiger partial charge in [0.05, 0.1) is 0 Å². The van der Waals surface area contributed by atoms with E-state index in [4.69, 9.17) is 0 Å². The Hall–Kier alpha value is -1.99. The molecule has 1 heterocycles. The van der Waals surface area contributed by atoms with Crippen molar-refractivity contribution in [2.75, 3.05) is 0 Å². The molecule has 0 N–H and O–H groups in total. The molecule has 91 heavy (non-hydrogen) atoms. The number of hydrogen-bond acceptors (Lipinski definition) is 0. The number of nitrogens with zero attached hydrogens (tertiary/aromatic N) is 2. The summed E-state index contributed by atoms with van der Waals surface area (Å²) in [5.74, 6) is 4.12. The van der Waals surface area contributed by atoms with Gasteiger partial charge in [0.2, 0.25) is 11.4 Å². The second kappa shape index (κ2) is 64.0. The molecule has 2 nitrogen and oxygen atoms in total. The van der Waals surface area contributed by atoms with Gasteiger partial charge in [-0.1, -0.05) is 388 Å². The molecule has 0 bridgehead atoms. The third kappa shape index (κ3) is 45.2. The van der Waals surface area contributed by atoms with Gasteiger partial charge < -0.3 is 5.53 Å². The number of unbranched alkanes of at least 4 members (excludes halogenated alkanes) is 52. The fraction of sp³-hybridized carbons (Fsp3) is 0.818. The molecule has 0 amide bonds. The van der Waals surface area contributed by atoms with Gasteiger partial charge in [-0.05, 0) is 124 Å². The Morgan fingerprint density at radius 2 is 0.363 bits per heavy atom. The van der Waals surface area contributed by atoms with Crippen LogP contribution >= 0.6 is 0 Å². The third-order valence-corrected chi connectivity index (χ3v) is 20.3. The summed E-state index contributed by atoms with van der Waals surface area (Å²) in [5, 5.41) is 0. The molecule has 0 radical (unpaired) electrons. The van der Waals surface area contributed by atoms with Crippen molar-refractivity contribution < 1.29 is 19.1 Å². The number of aryl methyl sites for hydroxylation is 4. The third-order valence-electron chi connectivity index (χ3n) is 20.3. The Labute approximate surface area is 577 Å². The van der Waals surface area contributed by atoms with Gasteiger partial charge in [-0.15, -0.1) is 0 Å². The van der Waals surface area contributed by atoms with Crippen LogP contribution in [0.1, 0.15) is 460 Å². The summed E-state index contributed by atoms with van der Waals surface area (Å²) >= 11 is 1.62. The molecule has 3 rings (SSSR count). The first-order valence-electron chi connectivity index (χ1n) is 41.4. The van der Waals surface area contributed by atoms with E-state index >= 15 is 0 Å². The molecule has 0 spiro atoms. The minimum absolute atomic E-state index is 1.06. The maximum absolute atomic E-state index is 13.3. The predicted octanol–water partition coefficient (Wildman–Crippen LogP) is 31.7. The maximum atomic E-state index is 13.3. The van der Waals surface area contributed by atoms with Gasteiger partial charge in [-0.2, -0.15) is 0 Å². The summed E-state index contributed by atoms with van der Waals surface area (Å²) in [6.07, 6.45) is 86.4. The molecule has 0 fully saturated rings. The topological polar surface area (TPSA) is 25.3 Å². The number of allylic oxidation sites excluding steroid dienone is 2. The van der Waals surface area contributed by atoms with Crippen LogP contribution in [0.2, 0.25) is 11.8 Å². The number of hydrogen-bond donors (Lipinski definition) is 0.